The zero-order valence-electron chi connectivity index (χ0n) is 32.9. The molecule has 51 heavy (non-hydrogen) atoms. The predicted octanol–water partition coefficient (Wildman–Crippen LogP) is 2.76. The Bertz CT molecular complexity index is 1170. The summed E-state index contributed by atoms with van der Waals surface area (Å²) in [5, 5.41) is 45.9. The third-order valence-corrected chi connectivity index (χ3v) is 11.7. The number of likely N-dealkylation sites (N-methyl/N-ethyl adjacent to an activating group) is 1. The lowest BCUT2D eigenvalue weighted by atomic mass is 9.73. The summed E-state index contributed by atoms with van der Waals surface area (Å²) in [5.74, 6) is -5.53. The van der Waals surface area contributed by atoms with E-state index in [0.717, 1.165) is 6.92 Å². The number of halogens is 1. The summed E-state index contributed by atoms with van der Waals surface area (Å²) in [6, 6.07) is -0.378. The second-order valence-corrected chi connectivity index (χ2v) is 16.4. The van der Waals surface area contributed by atoms with Crippen LogP contribution in [0.1, 0.15) is 94.9 Å². The maximum atomic E-state index is 16.7. The molecule has 14 heteroatoms. The van der Waals surface area contributed by atoms with E-state index in [0.29, 0.717) is 12.8 Å². The summed E-state index contributed by atoms with van der Waals surface area (Å²) >= 11 is 0. The molecule has 13 nitrogen and oxygen atoms in total. The van der Waals surface area contributed by atoms with Crippen molar-refractivity contribution in [2.75, 3.05) is 21.2 Å². The molecule has 0 aromatic rings. The van der Waals surface area contributed by atoms with Crippen LogP contribution in [0.2, 0.25) is 0 Å². The summed E-state index contributed by atoms with van der Waals surface area (Å²) in [5.41, 5.74) is -5.84. The molecule has 3 aliphatic heterocycles. The average Bonchev–Trinajstić information content (AvgIpc) is 3.05. The molecule has 0 amide bonds. The Balaban J connectivity index is 2.20. The van der Waals surface area contributed by atoms with Gasteiger partial charge in [-0.15, -0.1) is 0 Å². The van der Waals surface area contributed by atoms with Crippen molar-refractivity contribution in [1.82, 2.24) is 4.90 Å². The Labute approximate surface area is 303 Å². The van der Waals surface area contributed by atoms with Gasteiger partial charge in [0.25, 0.3) is 0 Å². The number of alkyl halides is 1. The largest absolute Gasteiger partial charge is 0.462 e. The smallest absolute Gasteiger partial charge is 0.311 e. The van der Waals surface area contributed by atoms with Crippen molar-refractivity contribution in [3.63, 3.8) is 0 Å². The summed E-state index contributed by atoms with van der Waals surface area (Å²) < 4.78 is 53.6. The fourth-order valence-corrected chi connectivity index (χ4v) is 8.39. The topological polar surface area (TPSA) is 174 Å². The van der Waals surface area contributed by atoms with E-state index in [4.69, 9.17) is 28.4 Å². The van der Waals surface area contributed by atoms with Gasteiger partial charge in [0, 0.05) is 43.7 Å². The molecule has 0 aromatic heterocycles. The zero-order chi connectivity index (χ0) is 39.0. The van der Waals surface area contributed by atoms with E-state index in [1.807, 2.05) is 25.9 Å². The lowest BCUT2D eigenvalue weighted by molar-refractivity contribution is -0.318. The quantitative estimate of drug-likeness (QED) is 0.282. The van der Waals surface area contributed by atoms with Gasteiger partial charge in [-0.25, -0.2) is 4.39 Å². The number of hydrogen-bond donors (Lipinski definition) is 4. The highest BCUT2D eigenvalue weighted by Crippen LogP contribution is 2.41. The Morgan fingerprint density at radius 1 is 0.922 bits per heavy atom. The lowest BCUT2D eigenvalue weighted by Gasteiger charge is -2.49. The molecule has 3 heterocycles. The highest BCUT2D eigenvalue weighted by Gasteiger charge is 2.54. The number of nitrogens with zero attached hydrogens (tertiary/aromatic N) is 1. The number of rotatable bonds is 7. The van der Waals surface area contributed by atoms with Gasteiger partial charge in [0.1, 0.15) is 18.3 Å². The van der Waals surface area contributed by atoms with E-state index >= 15 is 4.39 Å². The van der Waals surface area contributed by atoms with E-state index in [-0.39, 0.29) is 18.6 Å². The lowest BCUT2D eigenvalue weighted by Crippen LogP contribution is -2.61. The van der Waals surface area contributed by atoms with Crippen LogP contribution >= 0.6 is 0 Å². The first-order valence-corrected chi connectivity index (χ1v) is 18.5. The summed E-state index contributed by atoms with van der Waals surface area (Å²) in [7, 11) is 5.10. The number of carbonyl (C=O) groups excluding carboxylic acids is 2. The van der Waals surface area contributed by atoms with Crippen LogP contribution in [-0.4, -0.2) is 143 Å². The van der Waals surface area contributed by atoms with E-state index in [1.54, 1.807) is 41.5 Å². The van der Waals surface area contributed by atoms with Crippen molar-refractivity contribution in [1.29, 1.82) is 0 Å². The molecule has 0 bridgehead atoms. The third-order valence-electron chi connectivity index (χ3n) is 11.7. The summed E-state index contributed by atoms with van der Waals surface area (Å²) in [6.45, 7) is 15.8. The molecule has 298 valence electrons. The number of ether oxygens (including phenoxy) is 6. The van der Waals surface area contributed by atoms with Gasteiger partial charge in [-0.2, -0.15) is 0 Å². The van der Waals surface area contributed by atoms with E-state index < -0.39 is 114 Å². The molecule has 3 aliphatic rings. The third kappa shape index (κ3) is 9.68. The molecule has 0 spiro atoms. The molecule has 3 rings (SSSR count). The maximum Gasteiger partial charge on any atom is 0.311 e. The van der Waals surface area contributed by atoms with Crippen LogP contribution in [0.15, 0.2) is 0 Å². The fraction of sp³-hybridized carbons (Fsp3) is 0.946. The Kier molecular flexibility index (Phi) is 14.7. The van der Waals surface area contributed by atoms with Crippen LogP contribution in [0.4, 0.5) is 4.39 Å². The molecule has 0 radical (unpaired) electrons. The van der Waals surface area contributed by atoms with Crippen LogP contribution in [0.3, 0.4) is 0 Å². The number of cyclic esters (lactones) is 1. The molecule has 4 N–H and O–H groups in total. The number of esters is 1. The minimum absolute atomic E-state index is 0.0736. The van der Waals surface area contributed by atoms with Gasteiger partial charge in [-0.1, -0.05) is 27.7 Å². The van der Waals surface area contributed by atoms with Crippen LogP contribution < -0.4 is 0 Å². The maximum absolute atomic E-state index is 16.7. The minimum Gasteiger partial charge on any atom is -0.462 e. The van der Waals surface area contributed by atoms with Gasteiger partial charge in [-0.05, 0) is 68.5 Å². The van der Waals surface area contributed by atoms with Crippen LogP contribution in [0, 0.1) is 23.7 Å². The van der Waals surface area contributed by atoms with E-state index in [2.05, 4.69) is 0 Å². The number of aliphatic hydroxyl groups is 4. The Morgan fingerprint density at radius 2 is 1.53 bits per heavy atom. The standard InChI is InChI=1S/C37H66FNO12/c1-14-25-19(3)27(40)20(4)30(42)35(8,38)17-36(9,45)32(51-34-28(41)24(39(11)12)15-18(2)47-34)21(5)29(22(6)33(44)49-25)50-26-16-37(10,46-13)31(43)23(7)48-26/h18-29,31-32,34,40-41,43,45H,14-17H2,1-13H3. The normalized spacial score (nSPS) is 49.7. The van der Waals surface area contributed by atoms with Gasteiger partial charge in [0.15, 0.2) is 24.0 Å². The second-order valence-electron chi connectivity index (χ2n) is 16.4. The summed E-state index contributed by atoms with van der Waals surface area (Å²) in [6.07, 6.45) is -10.1. The van der Waals surface area contributed by atoms with Crippen molar-refractivity contribution < 1.29 is 62.8 Å². The molecular weight excluding hydrogens is 669 g/mol. The Hall–Kier alpha value is -1.33. The molecule has 3 saturated heterocycles. The molecule has 0 aliphatic carbocycles. The molecule has 18 unspecified atom stereocenters. The zero-order valence-corrected chi connectivity index (χ0v) is 32.9. The van der Waals surface area contributed by atoms with Crippen molar-refractivity contribution in [2.45, 2.75) is 179 Å². The van der Waals surface area contributed by atoms with Crippen LogP contribution in [0.5, 0.6) is 0 Å². The van der Waals surface area contributed by atoms with Gasteiger partial charge in [0.05, 0.1) is 47.6 Å². The van der Waals surface area contributed by atoms with E-state index in [1.165, 1.54) is 21.0 Å². The minimum atomic E-state index is -2.64. The Morgan fingerprint density at radius 3 is 2.08 bits per heavy atom. The molecule has 0 aromatic carbocycles. The number of Topliss-reactive ketones (excluding diaryl/α,β-unsaturated/α-hetero) is 1. The highest BCUT2D eigenvalue weighted by atomic mass is 19.1. The number of aliphatic hydroxyl groups excluding tert-OH is 3. The van der Waals surface area contributed by atoms with Crippen molar-refractivity contribution in [2.24, 2.45) is 23.7 Å². The first-order chi connectivity index (χ1) is 23.4. The van der Waals surface area contributed by atoms with Crippen molar-refractivity contribution >= 4 is 11.8 Å². The van der Waals surface area contributed by atoms with Gasteiger partial charge in [0.2, 0.25) is 0 Å². The molecule has 3 fully saturated rings. The first kappa shape index (κ1) is 44.1. The molecule has 0 saturated carbocycles. The molecule has 18 atom stereocenters. The summed E-state index contributed by atoms with van der Waals surface area (Å²) in [4.78, 5) is 29.6. The van der Waals surface area contributed by atoms with Gasteiger partial charge < -0.3 is 53.7 Å². The second kappa shape index (κ2) is 17.0. The monoisotopic (exact) mass is 735 g/mol. The number of methoxy groups -OCH3 is 1. The fourth-order valence-electron chi connectivity index (χ4n) is 8.39. The van der Waals surface area contributed by atoms with Gasteiger partial charge in [-0.3, -0.25) is 9.59 Å². The number of hydrogen-bond acceptors (Lipinski definition) is 13. The average molecular weight is 736 g/mol. The van der Waals surface area contributed by atoms with E-state index in [9.17, 15) is 30.0 Å². The van der Waals surface area contributed by atoms with Crippen molar-refractivity contribution in [3.05, 3.63) is 0 Å². The number of ketones is 1. The van der Waals surface area contributed by atoms with Gasteiger partial charge >= 0.3 is 5.97 Å². The molecular formula is C37H66FNO12. The van der Waals surface area contributed by atoms with Crippen molar-refractivity contribution in [3.8, 4) is 0 Å². The highest BCUT2D eigenvalue weighted by molar-refractivity contribution is 5.89. The SMILES string of the molecule is CCC1OC(=O)C(C)C(OC2CC(C)(OC)C(O)C(C)O2)C(C)C(OC2OC(C)CC(N(C)C)C2O)C(C)(O)CC(C)(F)C(=O)C(C)C(O)C1C. The van der Waals surface area contributed by atoms with Crippen LogP contribution in [0.25, 0.3) is 0 Å². The number of carbonyl (C=O) groups is 2. The van der Waals surface area contributed by atoms with Crippen LogP contribution in [-0.2, 0) is 38.0 Å². The first-order valence-electron chi connectivity index (χ1n) is 18.5. The predicted molar refractivity (Wildman–Crippen MR) is 185 cm³/mol.